The van der Waals surface area contributed by atoms with E-state index in [1.165, 1.54) is 5.56 Å². The molecule has 162 valence electrons. The molecule has 0 fully saturated rings. The zero-order valence-electron chi connectivity index (χ0n) is 18.4. The number of halogens is 1. The Morgan fingerprint density at radius 1 is 1.24 bits per heavy atom. The third kappa shape index (κ3) is 8.59. The lowest BCUT2D eigenvalue weighted by Crippen LogP contribution is -2.37. The summed E-state index contributed by atoms with van der Waals surface area (Å²) in [4.78, 5) is 4.73. The first-order valence-electron chi connectivity index (χ1n) is 10.00. The molecule has 0 aliphatic heterocycles. The number of rotatable bonds is 9. The number of aryl methyl sites for hydroxylation is 2. The van der Waals surface area contributed by atoms with Crippen LogP contribution in [0.4, 0.5) is 0 Å². The standard InChI is InChI=1S/C21H34N6O.HI/c1-7-22-21(24-13-20-26-25-14-27(20)6)23-12-18-9-8-16(4)11-19(18)28-17(5)10-15(2)3;/h8-9,11,14-15,17H,7,10,12-13H2,1-6H3,(H2,22,23,24);1H. The molecular weight excluding hydrogens is 479 g/mol. The van der Waals surface area contributed by atoms with Crippen molar-refractivity contribution >= 4 is 29.9 Å². The van der Waals surface area contributed by atoms with Gasteiger partial charge < -0.3 is 19.9 Å². The van der Waals surface area contributed by atoms with Gasteiger partial charge in [-0.05, 0) is 44.7 Å². The summed E-state index contributed by atoms with van der Waals surface area (Å²) in [6.45, 7) is 12.6. The van der Waals surface area contributed by atoms with Crippen molar-refractivity contribution < 1.29 is 4.74 Å². The molecule has 1 aromatic carbocycles. The van der Waals surface area contributed by atoms with Crippen molar-refractivity contribution in [2.24, 2.45) is 18.0 Å². The highest BCUT2D eigenvalue weighted by molar-refractivity contribution is 14.0. The predicted octanol–water partition coefficient (Wildman–Crippen LogP) is 3.81. The fourth-order valence-electron chi connectivity index (χ4n) is 2.97. The number of hydrogen-bond donors (Lipinski definition) is 2. The molecule has 7 nitrogen and oxygen atoms in total. The zero-order chi connectivity index (χ0) is 20.5. The number of guanidine groups is 1. The summed E-state index contributed by atoms with van der Waals surface area (Å²) in [5.74, 6) is 3.12. The third-order valence-electron chi connectivity index (χ3n) is 4.32. The second kappa shape index (κ2) is 12.7. The number of nitrogens with zero attached hydrogens (tertiary/aromatic N) is 4. The Balaban J connectivity index is 0.00000420. The summed E-state index contributed by atoms with van der Waals surface area (Å²) in [7, 11) is 1.93. The monoisotopic (exact) mass is 514 g/mol. The van der Waals surface area contributed by atoms with Gasteiger partial charge in [-0.1, -0.05) is 26.0 Å². The van der Waals surface area contributed by atoms with Gasteiger partial charge in [0.2, 0.25) is 0 Å². The van der Waals surface area contributed by atoms with Crippen LogP contribution >= 0.6 is 24.0 Å². The molecule has 1 atom stereocenters. The van der Waals surface area contributed by atoms with Gasteiger partial charge in [-0.2, -0.15) is 0 Å². The average Bonchev–Trinajstić information content (AvgIpc) is 3.03. The molecule has 2 N–H and O–H groups in total. The number of ether oxygens (including phenoxy) is 1. The van der Waals surface area contributed by atoms with Crippen molar-refractivity contribution in [1.82, 2.24) is 25.4 Å². The van der Waals surface area contributed by atoms with Gasteiger partial charge in [0.25, 0.3) is 0 Å². The SMILES string of the molecule is CCNC(=NCc1ccc(C)cc1OC(C)CC(C)C)NCc1nncn1C.I. The number of benzene rings is 1. The van der Waals surface area contributed by atoms with E-state index in [2.05, 4.69) is 66.7 Å². The van der Waals surface area contributed by atoms with E-state index in [9.17, 15) is 0 Å². The van der Waals surface area contributed by atoms with Crippen molar-refractivity contribution in [1.29, 1.82) is 0 Å². The fourth-order valence-corrected chi connectivity index (χ4v) is 2.97. The first-order chi connectivity index (χ1) is 13.4. The quantitative estimate of drug-likeness (QED) is 0.303. The van der Waals surface area contributed by atoms with E-state index < -0.39 is 0 Å². The molecule has 0 amide bonds. The molecule has 1 heterocycles. The minimum Gasteiger partial charge on any atom is -0.490 e. The topological polar surface area (TPSA) is 76.4 Å². The third-order valence-corrected chi connectivity index (χ3v) is 4.32. The van der Waals surface area contributed by atoms with Gasteiger partial charge in [0.15, 0.2) is 11.8 Å². The van der Waals surface area contributed by atoms with Crippen molar-refractivity contribution in [3.8, 4) is 5.75 Å². The maximum absolute atomic E-state index is 6.23. The maximum Gasteiger partial charge on any atom is 0.191 e. The van der Waals surface area contributed by atoms with Crippen molar-refractivity contribution in [2.45, 2.75) is 60.2 Å². The average molecular weight is 514 g/mol. The van der Waals surface area contributed by atoms with Gasteiger partial charge in [0.05, 0.1) is 19.2 Å². The van der Waals surface area contributed by atoms with Gasteiger partial charge in [0, 0.05) is 19.2 Å². The van der Waals surface area contributed by atoms with Crippen molar-refractivity contribution in [2.75, 3.05) is 6.54 Å². The Labute approximate surface area is 191 Å². The molecule has 0 aliphatic carbocycles. The Morgan fingerprint density at radius 3 is 2.62 bits per heavy atom. The van der Waals surface area contributed by atoms with Gasteiger partial charge in [0.1, 0.15) is 12.1 Å². The predicted molar refractivity (Wildman–Crippen MR) is 129 cm³/mol. The lowest BCUT2D eigenvalue weighted by atomic mass is 10.1. The summed E-state index contributed by atoms with van der Waals surface area (Å²) in [6.07, 6.45) is 2.89. The molecular formula is C21H35IN6O. The van der Waals surface area contributed by atoms with Crippen LogP contribution in [-0.4, -0.2) is 33.4 Å². The van der Waals surface area contributed by atoms with Crippen LogP contribution in [-0.2, 0) is 20.1 Å². The molecule has 0 spiro atoms. The molecule has 0 saturated heterocycles. The largest absolute Gasteiger partial charge is 0.490 e. The Bertz CT molecular complexity index is 774. The molecule has 2 rings (SSSR count). The molecule has 8 heteroatoms. The minimum atomic E-state index is 0. The van der Waals surface area contributed by atoms with Crippen LogP contribution in [0.3, 0.4) is 0 Å². The summed E-state index contributed by atoms with van der Waals surface area (Å²) in [6, 6.07) is 6.30. The molecule has 2 aromatic rings. The summed E-state index contributed by atoms with van der Waals surface area (Å²) >= 11 is 0. The Kier molecular flexibility index (Phi) is 11.0. The number of aliphatic imine (C=N–C) groups is 1. The van der Waals surface area contributed by atoms with E-state index in [4.69, 9.17) is 9.73 Å². The van der Waals surface area contributed by atoms with E-state index in [1.54, 1.807) is 6.33 Å². The van der Waals surface area contributed by atoms with E-state index in [0.29, 0.717) is 19.0 Å². The molecule has 29 heavy (non-hydrogen) atoms. The van der Waals surface area contributed by atoms with Crippen LogP contribution in [0.25, 0.3) is 0 Å². The lowest BCUT2D eigenvalue weighted by molar-refractivity contribution is 0.191. The molecule has 0 radical (unpaired) electrons. The number of hydrogen-bond acceptors (Lipinski definition) is 4. The van der Waals surface area contributed by atoms with E-state index in [0.717, 1.165) is 36.1 Å². The highest BCUT2D eigenvalue weighted by atomic mass is 127. The summed E-state index contributed by atoms with van der Waals surface area (Å²) in [5, 5.41) is 14.6. The van der Waals surface area contributed by atoms with Crippen LogP contribution in [0.5, 0.6) is 5.75 Å². The fraction of sp³-hybridized carbons (Fsp3) is 0.571. The number of nitrogens with one attached hydrogen (secondary N) is 2. The van der Waals surface area contributed by atoms with Crippen molar-refractivity contribution in [3.05, 3.63) is 41.5 Å². The second-order valence-corrected chi connectivity index (χ2v) is 7.58. The Morgan fingerprint density at radius 2 is 2.00 bits per heavy atom. The molecule has 1 aromatic heterocycles. The van der Waals surface area contributed by atoms with Crippen LogP contribution in [0.2, 0.25) is 0 Å². The van der Waals surface area contributed by atoms with E-state index in [-0.39, 0.29) is 30.1 Å². The molecule has 1 unspecified atom stereocenters. The highest BCUT2D eigenvalue weighted by Gasteiger charge is 2.11. The van der Waals surface area contributed by atoms with E-state index >= 15 is 0 Å². The van der Waals surface area contributed by atoms with Gasteiger partial charge >= 0.3 is 0 Å². The molecule has 0 saturated carbocycles. The van der Waals surface area contributed by atoms with Crippen LogP contribution in [0.15, 0.2) is 29.5 Å². The lowest BCUT2D eigenvalue weighted by Gasteiger charge is -2.19. The van der Waals surface area contributed by atoms with Crippen LogP contribution in [0, 0.1) is 12.8 Å². The maximum atomic E-state index is 6.23. The van der Waals surface area contributed by atoms with E-state index in [1.807, 2.05) is 18.5 Å². The smallest absolute Gasteiger partial charge is 0.191 e. The van der Waals surface area contributed by atoms with Crippen LogP contribution < -0.4 is 15.4 Å². The first kappa shape index (κ1) is 25.2. The Hall–Kier alpha value is -1.84. The highest BCUT2D eigenvalue weighted by Crippen LogP contribution is 2.24. The normalized spacial score (nSPS) is 12.4. The zero-order valence-corrected chi connectivity index (χ0v) is 20.7. The summed E-state index contributed by atoms with van der Waals surface area (Å²) in [5.41, 5.74) is 2.27. The number of aromatic nitrogens is 3. The first-order valence-corrected chi connectivity index (χ1v) is 10.00. The minimum absolute atomic E-state index is 0. The van der Waals surface area contributed by atoms with Crippen LogP contribution in [0.1, 0.15) is 51.1 Å². The molecule has 0 aliphatic rings. The molecule has 0 bridgehead atoms. The van der Waals surface area contributed by atoms with Crippen molar-refractivity contribution in [3.63, 3.8) is 0 Å². The van der Waals surface area contributed by atoms with Gasteiger partial charge in [-0.15, -0.1) is 34.2 Å². The van der Waals surface area contributed by atoms with Gasteiger partial charge in [-0.3, -0.25) is 0 Å². The summed E-state index contributed by atoms with van der Waals surface area (Å²) < 4.78 is 8.12. The second-order valence-electron chi connectivity index (χ2n) is 7.58. The van der Waals surface area contributed by atoms with Gasteiger partial charge in [-0.25, -0.2) is 4.99 Å².